The molecule has 0 unspecified atom stereocenters. The second kappa shape index (κ2) is 7.47. The molecule has 2 aromatic heterocycles. The summed E-state index contributed by atoms with van der Waals surface area (Å²) in [6.07, 6.45) is 4.12. The first-order valence-corrected chi connectivity index (χ1v) is 10.0. The van der Waals surface area contributed by atoms with Crippen molar-refractivity contribution in [2.24, 2.45) is 5.92 Å². The minimum atomic E-state index is 0.0570. The molecule has 0 N–H and O–H groups in total. The molecule has 2 aliphatic rings. The number of rotatable bonds is 6. The van der Waals surface area contributed by atoms with Crippen molar-refractivity contribution in [2.45, 2.75) is 26.0 Å². The summed E-state index contributed by atoms with van der Waals surface area (Å²) < 4.78 is 12.1. The molecular weight excluding hydrogens is 372 g/mol. The van der Waals surface area contributed by atoms with Crippen LogP contribution in [0.4, 0.5) is 11.7 Å². The Bertz CT molecular complexity index is 1070. The van der Waals surface area contributed by atoms with Gasteiger partial charge in [-0.3, -0.25) is 9.36 Å². The Morgan fingerprint density at radius 3 is 2.72 bits per heavy atom. The number of aromatic nitrogens is 4. The fourth-order valence-electron chi connectivity index (χ4n) is 3.77. The Balaban J connectivity index is 1.29. The summed E-state index contributed by atoms with van der Waals surface area (Å²) in [4.78, 5) is 26.0. The van der Waals surface area contributed by atoms with Crippen LogP contribution < -0.4 is 15.4 Å². The molecule has 0 radical (unpaired) electrons. The molecule has 3 aromatic rings. The molecule has 1 saturated heterocycles. The van der Waals surface area contributed by atoms with Crippen molar-refractivity contribution < 1.29 is 9.26 Å². The SMILES string of the molecule is COCc1noc(N2CCN(c3ccc4c(=O)n(CC5CC5)cnc4c3)CC2)n1. The Kier molecular flexibility index (Phi) is 4.67. The monoisotopic (exact) mass is 396 g/mol. The van der Waals surface area contributed by atoms with Crippen LogP contribution in [-0.2, 0) is 17.9 Å². The molecule has 1 aliphatic heterocycles. The van der Waals surface area contributed by atoms with Crippen LogP contribution >= 0.6 is 0 Å². The molecule has 1 aromatic carbocycles. The number of benzene rings is 1. The van der Waals surface area contributed by atoms with E-state index in [0.29, 0.717) is 29.8 Å². The lowest BCUT2D eigenvalue weighted by molar-refractivity contribution is 0.174. The van der Waals surface area contributed by atoms with Gasteiger partial charge in [0.2, 0.25) is 0 Å². The zero-order valence-electron chi connectivity index (χ0n) is 16.5. The van der Waals surface area contributed by atoms with Gasteiger partial charge in [0.1, 0.15) is 6.61 Å². The molecule has 0 spiro atoms. The molecule has 0 bridgehead atoms. The van der Waals surface area contributed by atoms with Crippen molar-refractivity contribution in [3.05, 3.63) is 40.7 Å². The largest absolute Gasteiger partial charge is 0.377 e. The molecule has 0 atom stereocenters. The van der Waals surface area contributed by atoms with E-state index in [1.165, 1.54) is 12.8 Å². The van der Waals surface area contributed by atoms with E-state index in [1.807, 2.05) is 18.2 Å². The Hall–Kier alpha value is -2.94. The van der Waals surface area contributed by atoms with Gasteiger partial charge >= 0.3 is 6.01 Å². The summed E-state index contributed by atoms with van der Waals surface area (Å²) in [7, 11) is 1.61. The van der Waals surface area contributed by atoms with Gasteiger partial charge in [-0.05, 0) is 37.0 Å². The number of anilines is 2. The Morgan fingerprint density at radius 1 is 1.17 bits per heavy atom. The van der Waals surface area contributed by atoms with Gasteiger partial charge in [0, 0.05) is 45.5 Å². The zero-order chi connectivity index (χ0) is 19.8. The molecule has 1 aliphatic carbocycles. The molecule has 2 fully saturated rings. The summed E-state index contributed by atoms with van der Waals surface area (Å²) in [6, 6.07) is 6.47. The van der Waals surface area contributed by atoms with E-state index in [-0.39, 0.29) is 5.56 Å². The van der Waals surface area contributed by atoms with E-state index >= 15 is 0 Å². The van der Waals surface area contributed by atoms with Crippen molar-refractivity contribution in [1.29, 1.82) is 0 Å². The highest BCUT2D eigenvalue weighted by atomic mass is 16.5. The predicted octanol–water partition coefficient (Wildman–Crippen LogP) is 1.66. The number of hydrogen-bond acceptors (Lipinski definition) is 8. The molecular formula is C20H24N6O3. The number of hydrogen-bond donors (Lipinski definition) is 0. The fourth-order valence-corrected chi connectivity index (χ4v) is 3.77. The van der Waals surface area contributed by atoms with Crippen LogP contribution in [0.3, 0.4) is 0 Å². The smallest absolute Gasteiger partial charge is 0.324 e. The second-order valence-electron chi connectivity index (χ2n) is 7.75. The minimum absolute atomic E-state index is 0.0570. The Morgan fingerprint density at radius 2 is 1.97 bits per heavy atom. The first kappa shape index (κ1) is 18.1. The molecule has 29 heavy (non-hydrogen) atoms. The average Bonchev–Trinajstić information content (AvgIpc) is 3.45. The number of nitrogens with zero attached hydrogens (tertiary/aromatic N) is 6. The maximum absolute atomic E-state index is 12.7. The fraction of sp³-hybridized carbons (Fsp3) is 0.500. The van der Waals surface area contributed by atoms with Crippen LogP contribution in [0.15, 0.2) is 33.8 Å². The summed E-state index contributed by atoms with van der Waals surface area (Å²) in [5.74, 6) is 1.20. The third-order valence-corrected chi connectivity index (χ3v) is 5.61. The molecule has 9 heteroatoms. The van der Waals surface area contributed by atoms with Gasteiger partial charge in [0.15, 0.2) is 5.82 Å². The third kappa shape index (κ3) is 3.69. The molecule has 3 heterocycles. The molecule has 1 saturated carbocycles. The maximum atomic E-state index is 12.7. The predicted molar refractivity (Wildman–Crippen MR) is 108 cm³/mol. The lowest BCUT2D eigenvalue weighted by Crippen LogP contribution is -2.46. The number of ether oxygens (including phenoxy) is 1. The summed E-state index contributed by atoms with van der Waals surface area (Å²) >= 11 is 0. The van der Waals surface area contributed by atoms with E-state index in [2.05, 4.69) is 24.9 Å². The van der Waals surface area contributed by atoms with Gasteiger partial charge in [0.25, 0.3) is 5.56 Å². The van der Waals surface area contributed by atoms with E-state index < -0.39 is 0 Å². The Labute approximate surface area is 167 Å². The van der Waals surface area contributed by atoms with Gasteiger partial charge in [0.05, 0.1) is 17.2 Å². The van der Waals surface area contributed by atoms with Crippen LogP contribution in [0.1, 0.15) is 18.7 Å². The summed E-state index contributed by atoms with van der Waals surface area (Å²) in [5, 5.41) is 4.61. The van der Waals surface area contributed by atoms with Crippen molar-refractivity contribution in [2.75, 3.05) is 43.1 Å². The van der Waals surface area contributed by atoms with E-state index in [0.717, 1.165) is 43.9 Å². The van der Waals surface area contributed by atoms with Crippen LogP contribution in [-0.4, -0.2) is 53.0 Å². The van der Waals surface area contributed by atoms with Crippen LogP contribution in [0, 0.1) is 5.92 Å². The van der Waals surface area contributed by atoms with Gasteiger partial charge < -0.3 is 19.1 Å². The van der Waals surface area contributed by atoms with Crippen molar-refractivity contribution >= 4 is 22.6 Å². The van der Waals surface area contributed by atoms with Crippen molar-refractivity contribution in [3.8, 4) is 0 Å². The highest BCUT2D eigenvalue weighted by molar-refractivity contribution is 5.81. The number of methoxy groups -OCH3 is 1. The molecule has 152 valence electrons. The van der Waals surface area contributed by atoms with Crippen molar-refractivity contribution in [1.82, 2.24) is 19.7 Å². The molecule has 9 nitrogen and oxygen atoms in total. The summed E-state index contributed by atoms with van der Waals surface area (Å²) in [5.41, 5.74) is 1.89. The number of piperazine rings is 1. The molecule has 0 amide bonds. The minimum Gasteiger partial charge on any atom is -0.377 e. The summed E-state index contributed by atoms with van der Waals surface area (Å²) in [6.45, 7) is 4.34. The van der Waals surface area contributed by atoms with Gasteiger partial charge in [-0.2, -0.15) is 4.98 Å². The average molecular weight is 396 g/mol. The van der Waals surface area contributed by atoms with Gasteiger partial charge in [-0.25, -0.2) is 4.98 Å². The first-order chi connectivity index (χ1) is 14.2. The second-order valence-corrected chi connectivity index (χ2v) is 7.75. The maximum Gasteiger partial charge on any atom is 0.324 e. The normalized spacial score (nSPS) is 17.3. The quantitative estimate of drug-likeness (QED) is 0.622. The number of fused-ring (bicyclic) bond motifs is 1. The highest BCUT2D eigenvalue weighted by Crippen LogP contribution is 2.30. The van der Waals surface area contributed by atoms with Gasteiger partial charge in [-0.1, -0.05) is 5.16 Å². The van der Waals surface area contributed by atoms with E-state index in [1.54, 1.807) is 18.0 Å². The third-order valence-electron chi connectivity index (χ3n) is 5.61. The van der Waals surface area contributed by atoms with Crippen LogP contribution in [0.25, 0.3) is 10.9 Å². The van der Waals surface area contributed by atoms with E-state index in [9.17, 15) is 4.79 Å². The van der Waals surface area contributed by atoms with E-state index in [4.69, 9.17) is 9.26 Å². The van der Waals surface area contributed by atoms with Gasteiger partial charge in [-0.15, -0.1) is 0 Å². The standard InChI is InChI=1S/C20H24N6O3/c1-28-12-18-22-20(29-23-18)25-8-6-24(7-9-25)15-4-5-16-17(10-15)21-13-26(19(16)27)11-14-2-3-14/h4-5,10,13-14H,2-3,6-9,11-12H2,1H3. The zero-order valence-corrected chi connectivity index (χ0v) is 16.5. The lowest BCUT2D eigenvalue weighted by atomic mass is 10.2. The topological polar surface area (TPSA) is 89.5 Å². The first-order valence-electron chi connectivity index (χ1n) is 10.0. The van der Waals surface area contributed by atoms with Crippen molar-refractivity contribution in [3.63, 3.8) is 0 Å². The molecule has 5 rings (SSSR count). The highest BCUT2D eigenvalue weighted by Gasteiger charge is 2.24. The van der Waals surface area contributed by atoms with Crippen LogP contribution in [0.5, 0.6) is 0 Å². The van der Waals surface area contributed by atoms with Crippen LogP contribution in [0.2, 0.25) is 0 Å². The lowest BCUT2D eigenvalue weighted by Gasteiger charge is -2.35.